The summed E-state index contributed by atoms with van der Waals surface area (Å²) < 4.78 is 36.2. The van der Waals surface area contributed by atoms with Gasteiger partial charge in [-0.05, 0) is 39.8 Å². The van der Waals surface area contributed by atoms with Gasteiger partial charge >= 0.3 is 19.6 Å². The minimum atomic E-state index is -4.24. The maximum atomic E-state index is 13.7. The van der Waals surface area contributed by atoms with Gasteiger partial charge in [0.1, 0.15) is 48.3 Å². The molecule has 0 amide bonds. The maximum absolute atomic E-state index is 13.7. The van der Waals surface area contributed by atoms with Crippen LogP contribution in [-0.2, 0) is 38.5 Å². The van der Waals surface area contributed by atoms with Gasteiger partial charge in [-0.2, -0.15) is 10.4 Å². The fraction of sp³-hybridized carbons (Fsp3) is 0.591. The number of nitrogens with one attached hydrogen (secondary N) is 2. The quantitative estimate of drug-likeness (QED) is 0.158. The molecule has 3 heterocycles. The number of esters is 2. The molecule has 0 radical (unpaired) electrons. The molecule has 2 aromatic heterocycles. The van der Waals surface area contributed by atoms with E-state index in [4.69, 9.17) is 24.5 Å². The first-order chi connectivity index (χ1) is 18.4. The number of rotatable bonds is 12. The normalized spacial score (nSPS) is 24.7. The number of ether oxygens (including phenoxy) is 3. The number of aliphatic hydroxyl groups excluding tert-OH is 2. The van der Waals surface area contributed by atoms with E-state index < -0.39 is 62.2 Å². The maximum Gasteiger partial charge on any atom is 0.342 e. The van der Waals surface area contributed by atoms with Gasteiger partial charge in [-0.15, -0.1) is 0 Å². The van der Waals surface area contributed by atoms with E-state index in [1.807, 2.05) is 6.07 Å². The van der Waals surface area contributed by atoms with E-state index in [0.717, 1.165) is 6.33 Å². The smallest absolute Gasteiger partial charge is 0.342 e. The number of hydrogen-bond donors (Lipinski definition) is 5. The van der Waals surface area contributed by atoms with Crippen molar-refractivity contribution in [1.82, 2.24) is 24.8 Å². The van der Waals surface area contributed by atoms with Gasteiger partial charge in [0.05, 0.1) is 25.5 Å². The summed E-state index contributed by atoms with van der Waals surface area (Å²) in [5, 5.41) is 40.8. The van der Waals surface area contributed by atoms with Gasteiger partial charge in [-0.25, -0.2) is 19.7 Å². The molecule has 16 nitrogen and oxygen atoms in total. The van der Waals surface area contributed by atoms with Gasteiger partial charge in [0.15, 0.2) is 5.82 Å². The van der Waals surface area contributed by atoms with E-state index in [1.165, 1.54) is 30.5 Å². The van der Waals surface area contributed by atoms with Crippen molar-refractivity contribution in [1.29, 1.82) is 5.26 Å². The lowest BCUT2D eigenvalue weighted by molar-refractivity contribution is -0.145. The van der Waals surface area contributed by atoms with Crippen LogP contribution in [0.25, 0.3) is 5.52 Å². The van der Waals surface area contributed by atoms with Crippen molar-refractivity contribution in [3.05, 3.63) is 24.2 Å². The Hall–Kier alpha value is -3.16. The topological polar surface area (TPSA) is 233 Å². The van der Waals surface area contributed by atoms with E-state index in [0.29, 0.717) is 5.52 Å². The van der Waals surface area contributed by atoms with E-state index in [1.54, 1.807) is 13.8 Å². The molecule has 0 aliphatic carbocycles. The van der Waals surface area contributed by atoms with Crippen molar-refractivity contribution in [2.24, 2.45) is 0 Å². The van der Waals surface area contributed by atoms with Gasteiger partial charge in [-0.3, -0.25) is 14.2 Å². The van der Waals surface area contributed by atoms with Crippen molar-refractivity contribution in [2.75, 3.05) is 25.6 Å². The molecule has 17 heteroatoms. The zero-order chi connectivity index (χ0) is 29.0. The van der Waals surface area contributed by atoms with Crippen molar-refractivity contribution >= 4 is 30.9 Å². The Morgan fingerprint density at radius 3 is 2.36 bits per heavy atom. The van der Waals surface area contributed by atoms with Gasteiger partial charge in [-0.1, -0.05) is 0 Å². The van der Waals surface area contributed by atoms with Gasteiger partial charge in [0, 0.05) is 0 Å². The molecular formula is C22H32N7O9P. The van der Waals surface area contributed by atoms with Gasteiger partial charge in [0.25, 0.3) is 0 Å². The average molecular weight is 570 g/mol. The molecule has 6 atom stereocenters. The second-order valence-electron chi connectivity index (χ2n) is 8.65. The van der Waals surface area contributed by atoms with E-state index in [2.05, 4.69) is 20.3 Å². The Balaban J connectivity index is 1.85. The Morgan fingerprint density at radius 2 is 1.82 bits per heavy atom. The second-order valence-corrected chi connectivity index (χ2v) is 10.5. The SMILES string of the molecule is CCOC(=O)[C@H](C)NP(=O)(N[C@@H](C)C(=O)OCC)OC[C@H]1O[C@@](C#N)(c2ccc3c(N)ncnn23)[C@H](O)[C@@H]1O. The summed E-state index contributed by atoms with van der Waals surface area (Å²) in [4.78, 5) is 28.2. The minimum Gasteiger partial charge on any atom is -0.465 e. The second kappa shape index (κ2) is 12.3. The molecule has 0 bridgehead atoms. The number of hydrogen-bond acceptors (Lipinski definition) is 13. The number of nitrogens with two attached hydrogens (primary N) is 1. The summed E-state index contributed by atoms with van der Waals surface area (Å²) in [6.45, 7) is 5.46. The van der Waals surface area contributed by atoms with Crippen LogP contribution in [0.1, 0.15) is 33.4 Å². The summed E-state index contributed by atoms with van der Waals surface area (Å²) in [5.41, 5.74) is 4.15. The van der Waals surface area contributed by atoms with Crippen LogP contribution in [0.15, 0.2) is 18.5 Å². The molecule has 0 saturated carbocycles. The number of carbonyl (C=O) groups excluding carboxylic acids is 2. The molecule has 1 aliphatic rings. The lowest BCUT2D eigenvalue weighted by Gasteiger charge is -2.27. The molecule has 1 aliphatic heterocycles. The first kappa shape index (κ1) is 30.4. The molecule has 0 spiro atoms. The molecule has 6 N–H and O–H groups in total. The van der Waals surface area contributed by atoms with Crippen LogP contribution in [0.5, 0.6) is 0 Å². The monoisotopic (exact) mass is 569 g/mol. The van der Waals surface area contributed by atoms with E-state index in [9.17, 15) is 29.6 Å². The third kappa shape index (κ3) is 6.20. The Kier molecular flexibility index (Phi) is 9.62. The highest BCUT2D eigenvalue weighted by Gasteiger charge is 2.58. The Labute approximate surface area is 223 Å². The van der Waals surface area contributed by atoms with Crippen LogP contribution in [-0.4, -0.2) is 87.0 Å². The first-order valence-electron chi connectivity index (χ1n) is 12.1. The predicted octanol–water partition coefficient (Wildman–Crippen LogP) is -0.642. The number of nitrogens with zero attached hydrogens (tertiary/aromatic N) is 4. The number of aliphatic hydroxyl groups is 2. The highest BCUT2D eigenvalue weighted by atomic mass is 31.2. The molecular weight excluding hydrogens is 537 g/mol. The molecule has 39 heavy (non-hydrogen) atoms. The lowest BCUT2D eigenvalue weighted by Crippen LogP contribution is -2.43. The van der Waals surface area contributed by atoms with Gasteiger partial charge in [0.2, 0.25) is 5.60 Å². The third-order valence-electron chi connectivity index (χ3n) is 5.91. The molecule has 0 unspecified atom stereocenters. The number of nitriles is 1. The summed E-state index contributed by atoms with van der Waals surface area (Å²) in [7, 11) is -4.24. The number of nitrogen functional groups attached to an aromatic ring is 1. The van der Waals surface area contributed by atoms with E-state index in [-0.39, 0.29) is 24.7 Å². The molecule has 0 aromatic carbocycles. The average Bonchev–Trinajstić information content (AvgIpc) is 3.44. The summed E-state index contributed by atoms with van der Waals surface area (Å²) >= 11 is 0. The zero-order valence-corrected chi connectivity index (χ0v) is 22.7. The molecule has 214 valence electrons. The first-order valence-corrected chi connectivity index (χ1v) is 13.7. The van der Waals surface area contributed by atoms with Crippen molar-refractivity contribution in [2.45, 2.75) is 63.7 Å². The highest BCUT2D eigenvalue weighted by molar-refractivity contribution is 7.54. The fourth-order valence-corrected chi connectivity index (χ4v) is 5.80. The minimum absolute atomic E-state index is 0.0643. The number of anilines is 1. The predicted molar refractivity (Wildman–Crippen MR) is 134 cm³/mol. The molecule has 1 fully saturated rings. The summed E-state index contributed by atoms with van der Waals surface area (Å²) in [6, 6.07) is 2.59. The van der Waals surface area contributed by atoms with Crippen LogP contribution >= 0.6 is 7.67 Å². The number of aromatic nitrogens is 3. The van der Waals surface area contributed by atoms with Gasteiger partial charge < -0.3 is 34.7 Å². The van der Waals surface area contributed by atoms with Crippen LogP contribution in [0.3, 0.4) is 0 Å². The Morgan fingerprint density at radius 1 is 1.23 bits per heavy atom. The number of fused-ring (bicyclic) bond motifs is 1. The van der Waals surface area contributed by atoms with Crippen molar-refractivity contribution in [3.63, 3.8) is 0 Å². The van der Waals surface area contributed by atoms with Crippen LogP contribution in [0.4, 0.5) is 5.82 Å². The van der Waals surface area contributed by atoms with Crippen LogP contribution in [0, 0.1) is 11.3 Å². The summed E-state index contributed by atoms with van der Waals surface area (Å²) in [6.07, 6.45) is -3.68. The molecule has 2 aromatic rings. The van der Waals surface area contributed by atoms with Crippen molar-refractivity contribution < 1.29 is 43.1 Å². The van der Waals surface area contributed by atoms with E-state index >= 15 is 0 Å². The van der Waals surface area contributed by atoms with Crippen LogP contribution in [0.2, 0.25) is 0 Å². The standard InChI is InChI=1S/C22H32N7O9P/c1-5-35-20(32)12(3)27-39(34,28-13(4)21(33)36-6-2)37-9-15-17(30)18(31)22(10-23,38-15)16-8-7-14-19(24)25-11-26-29(14)16/h7-8,11-13,15,17-18,30-31H,5-6,9H2,1-4H3,(H2,24,25,26)(H2,27,28,34)/t12-,13-,15+,17+,18+,22-/m0/s1. The lowest BCUT2D eigenvalue weighted by atomic mass is 9.92. The third-order valence-corrected chi connectivity index (χ3v) is 7.88. The van der Waals surface area contributed by atoms with Crippen LogP contribution < -0.4 is 15.9 Å². The largest absolute Gasteiger partial charge is 0.465 e. The molecule has 3 rings (SSSR count). The fourth-order valence-electron chi connectivity index (χ4n) is 3.99. The number of carbonyl (C=O) groups is 2. The molecule has 1 saturated heterocycles. The van der Waals surface area contributed by atoms with Crippen molar-refractivity contribution in [3.8, 4) is 6.07 Å². The zero-order valence-electron chi connectivity index (χ0n) is 21.8. The summed E-state index contributed by atoms with van der Waals surface area (Å²) in [5.74, 6) is -1.35. The Bertz CT molecular complexity index is 1250. The highest BCUT2D eigenvalue weighted by Crippen LogP contribution is 2.44.